The fourth-order valence-corrected chi connectivity index (χ4v) is 1.65. The van der Waals surface area contributed by atoms with Crippen molar-refractivity contribution in [1.29, 1.82) is 0 Å². The molecule has 0 radical (unpaired) electrons. The minimum Gasteiger partial charge on any atom is -0.504 e. The number of benzene rings is 1. The van der Waals surface area contributed by atoms with Crippen molar-refractivity contribution in [2.75, 3.05) is 13.1 Å². The summed E-state index contributed by atoms with van der Waals surface area (Å²) in [6.45, 7) is 1.79. The summed E-state index contributed by atoms with van der Waals surface area (Å²) in [4.78, 5) is 0. The topological polar surface area (TPSA) is 41.5 Å². The first-order valence-corrected chi connectivity index (χ1v) is 4.99. The first-order valence-electron chi connectivity index (χ1n) is 4.61. The highest BCUT2D eigenvalue weighted by atomic mass is 35.5. The summed E-state index contributed by atoms with van der Waals surface area (Å²) in [5.41, 5.74) is 0. The zero-order chi connectivity index (χ0) is 9.97. The van der Waals surface area contributed by atoms with Gasteiger partial charge in [0, 0.05) is 17.6 Å². The molecule has 1 heterocycles. The molecule has 1 saturated heterocycles. The average molecular weight is 214 g/mol. The second-order valence-electron chi connectivity index (χ2n) is 3.34. The second kappa shape index (κ2) is 4.07. The molecule has 1 unspecified atom stereocenters. The molecule has 2 rings (SSSR count). The van der Waals surface area contributed by atoms with Crippen LogP contribution in [-0.2, 0) is 0 Å². The van der Waals surface area contributed by atoms with Crippen LogP contribution in [-0.4, -0.2) is 24.3 Å². The van der Waals surface area contributed by atoms with E-state index in [1.54, 1.807) is 18.2 Å². The van der Waals surface area contributed by atoms with Gasteiger partial charge in [-0.3, -0.25) is 0 Å². The third kappa shape index (κ3) is 2.11. The standard InChI is InChI=1S/C10H12ClNO2/c11-7-1-2-9(13)10(5-7)14-8-3-4-12-6-8/h1-2,5,8,12-13H,3-4,6H2. The lowest BCUT2D eigenvalue weighted by molar-refractivity contribution is 0.214. The highest BCUT2D eigenvalue weighted by Crippen LogP contribution is 2.30. The van der Waals surface area contributed by atoms with Crippen LogP contribution in [0.1, 0.15) is 6.42 Å². The van der Waals surface area contributed by atoms with Crippen LogP contribution in [0.5, 0.6) is 11.5 Å². The van der Waals surface area contributed by atoms with E-state index in [0.717, 1.165) is 19.5 Å². The van der Waals surface area contributed by atoms with Crippen molar-refractivity contribution in [3.8, 4) is 11.5 Å². The summed E-state index contributed by atoms with van der Waals surface area (Å²) in [5.74, 6) is 0.604. The Bertz CT molecular complexity index is 324. The Morgan fingerprint density at radius 1 is 1.50 bits per heavy atom. The van der Waals surface area contributed by atoms with Crippen molar-refractivity contribution in [3.05, 3.63) is 23.2 Å². The maximum atomic E-state index is 9.49. The second-order valence-corrected chi connectivity index (χ2v) is 3.78. The number of phenols is 1. The summed E-state index contributed by atoms with van der Waals surface area (Å²) in [5, 5.41) is 13.3. The molecule has 0 spiro atoms. The number of ether oxygens (including phenoxy) is 1. The van der Waals surface area contributed by atoms with E-state index in [4.69, 9.17) is 16.3 Å². The number of rotatable bonds is 2. The van der Waals surface area contributed by atoms with Crippen LogP contribution in [0.3, 0.4) is 0 Å². The van der Waals surface area contributed by atoms with Gasteiger partial charge in [-0.15, -0.1) is 0 Å². The summed E-state index contributed by atoms with van der Waals surface area (Å²) >= 11 is 5.80. The molecule has 14 heavy (non-hydrogen) atoms. The fourth-order valence-electron chi connectivity index (χ4n) is 1.49. The first-order chi connectivity index (χ1) is 6.75. The van der Waals surface area contributed by atoms with Crippen LogP contribution in [0.2, 0.25) is 5.02 Å². The van der Waals surface area contributed by atoms with Gasteiger partial charge >= 0.3 is 0 Å². The van der Waals surface area contributed by atoms with Gasteiger partial charge in [0.2, 0.25) is 0 Å². The number of hydrogen-bond donors (Lipinski definition) is 2. The molecular weight excluding hydrogens is 202 g/mol. The third-order valence-electron chi connectivity index (χ3n) is 2.23. The zero-order valence-corrected chi connectivity index (χ0v) is 8.42. The molecule has 1 aliphatic rings. The van der Waals surface area contributed by atoms with Gasteiger partial charge in [0.15, 0.2) is 11.5 Å². The Labute approximate surface area is 87.6 Å². The molecule has 0 bridgehead atoms. The van der Waals surface area contributed by atoms with E-state index in [1.165, 1.54) is 0 Å². The summed E-state index contributed by atoms with van der Waals surface area (Å²) in [7, 11) is 0. The van der Waals surface area contributed by atoms with E-state index in [9.17, 15) is 5.11 Å². The van der Waals surface area contributed by atoms with E-state index in [0.29, 0.717) is 10.8 Å². The SMILES string of the molecule is Oc1ccc(Cl)cc1OC1CCNC1. The van der Waals surface area contributed by atoms with E-state index in [1.807, 2.05) is 0 Å². The highest BCUT2D eigenvalue weighted by molar-refractivity contribution is 6.30. The largest absolute Gasteiger partial charge is 0.504 e. The molecule has 0 aliphatic carbocycles. The lowest BCUT2D eigenvalue weighted by Crippen LogP contribution is -2.19. The van der Waals surface area contributed by atoms with Crippen LogP contribution >= 0.6 is 11.6 Å². The normalized spacial score (nSPS) is 21.1. The highest BCUT2D eigenvalue weighted by Gasteiger charge is 2.17. The van der Waals surface area contributed by atoms with Gasteiger partial charge in [-0.2, -0.15) is 0 Å². The van der Waals surface area contributed by atoms with Crippen molar-refractivity contribution in [3.63, 3.8) is 0 Å². The van der Waals surface area contributed by atoms with Gasteiger partial charge in [0.1, 0.15) is 6.10 Å². The summed E-state index contributed by atoms with van der Waals surface area (Å²) < 4.78 is 5.59. The van der Waals surface area contributed by atoms with Gasteiger partial charge in [0.25, 0.3) is 0 Å². The molecule has 1 aromatic rings. The monoisotopic (exact) mass is 213 g/mol. The average Bonchev–Trinajstić information content (AvgIpc) is 2.64. The molecule has 2 N–H and O–H groups in total. The van der Waals surface area contributed by atoms with Gasteiger partial charge < -0.3 is 15.2 Å². The fraction of sp³-hybridized carbons (Fsp3) is 0.400. The molecular formula is C10H12ClNO2. The molecule has 1 atom stereocenters. The Hall–Kier alpha value is -0.930. The van der Waals surface area contributed by atoms with E-state index < -0.39 is 0 Å². The van der Waals surface area contributed by atoms with Crippen LogP contribution in [0.15, 0.2) is 18.2 Å². The van der Waals surface area contributed by atoms with E-state index in [-0.39, 0.29) is 11.9 Å². The van der Waals surface area contributed by atoms with Gasteiger partial charge in [-0.1, -0.05) is 11.6 Å². The summed E-state index contributed by atoms with van der Waals surface area (Å²) in [6, 6.07) is 4.81. The third-order valence-corrected chi connectivity index (χ3v) is 2.47. The molecule has 0 amide bonds. The van der Waals surface area contributed by atoms with Gasteiger partial charge in [-0.05, 0) is 25.1 Å². The predicted molar refractivity (Wildman–Crippen MR) is 55.0 cm³/mol. The number of halogens is 1. The Morgan fingerprint density at radius 2 is 2.36 bits per heavy atom. The minimum absolute atomic E-state index is 0.138. The zero-order valence-electron chi connectivity index (χ0n) is 7.66. The van der Waals surface area contributed by atoms with Crippen molar-refractivity contribution in [2.45, 2.75) is 12.5 Å². The van der Waals surface area contributed by atoms with Crippen molar-refractivity contribution in [1.82, 2.24) is 5.32 Å². The molecule has 76 valence electrons. The molecule has 0 aromatic heterocycles. The van der Waals surface area contributed by atoms with Crippen molar-refractivity contribution < 1.29 is 9.84 Å². The van der Waals surface area contributed by atoms with Crippen LogP contribution < -0.4 is 10.1 Å². The van der Waals surface area contributed by atoms with Crippen molar-refractivity contribution in [2.24, 2.45) is 0 Å². The molecule has 1 aromatic carbocycles. The maximum absolute atomic E-state index is 9.49. The smallest absolute Gasteiger partial charge is 0.162 e. The van der Waals surface area contributed by atoms with Crippen LogP contribution in [0.25, 0.3) is 0 Å². The van der Waals surface area contributed by atoms with E-state index >= 15 is 0 Å². The molecule has 0 saturated carbocycles. The molecule has 3 nitrogen and oxygen atoms in total. The number of aromatic hydroxyl groups is 1. The Morgan fingerprint density at radius 3 is 3.07 bits per heavy atom. The predicted octanol–water partition coefficient (Wildman–Crippen LogP) is 1.79. The van der Waals surface area contributed by atoms with Gasteiger partial charge in [-0.25, -0.2) is 0 Å². The Kier molecular flexibility index (Phi) is 2.79. The summed E-state index contributed by atoms with van der Waals surface area (Å²) in [6.07, 6.45) is 1.10. The van der Waals surface area contributed by atoms with Gasteiger partial charge in [0.05, 0.1) is 0 Å². The molecule has 4 heteroatoms. The quantitative estimate of drug-likeness (QED) is 0.787. The number of nitrogens with one attached hydrogen (secondary N) is 1. The molecule has 1 fully saturated rings. The Balaban J connectivity index is 2.10. The minimum atomic E-state index is 0.138. The van der Waals surface area contributed by atoms with E-state index in [2.05, 4.69) is 5.32 Å². The number of phenolic OH excluding ortho intramolecular Hbond substituents is 1. The maximum Gasteiger partial charge on any atom is 0.162 e. The van der Waals surface area contributed by atoms with Crippen LogP contribution in [0, 0.1) is 0 Å². The van der Waals surface area contributed by atoms with Crippen molar-refractivity contribution >= 4 is 11.6 Å². The molecule has 1 aliphatic heterocycles. The lowest BCUT2D eigenvalue weighted by Gasteiger charge is -2.13. The number of hydrogen-bond acceptors (Lipinski definition) is 3. The van der Waals surface area contributed by atoms with Crippen LogP contribution in [0.4, 0.5) is 0 Å². The lowest BCUT2D eigenvalue weighted by atomic mass is 10.3. The first kappa shape index (κ1) is 9.62.